The van der Waals surface area contributed by atoms with Gasteiger partial charge in [0.2, 0.25) is 5.91 Å². The Kier molecular flexibility index (Phi) is 6.61. The summed E-state index contributed by atoms with van der Waals surface area (Å²) in [7, 11) is 0. The normalized spacial score (nSPS) is 12.3. The largest absolute Gasteiger partial charge is 0.354 e. The van der Waals surface area contributed by atoms with Crippen LogP contribution in [-0.4, -0.2) is 16.5 Å². The lowest BCUT2D eigenvalue weighted by atomic mass is 9.88. The van der Waals surface area contributed by atoms with Crippen LogP contribution < -0.4 is 5.32 Å². The van der Waals surface area contributed by atoms with Crippen molar-refractivity contribution in [3.8, 4) is 0 Å². The van der Waals surface area contributed by atoms with Crippen molar-refractivity contribution in [2.75, 3.05) is 0 Å². The Bertz CT molecular complexity index is 1230. The number of carbonyl (C=O) groups excluding carboxylic acids is 1. The number of nitrogens with one attached hydrogen (secondary N) is 1. The van der Waals surface area contributed by atoms with E-state index in [4.69, 9.17) is 11.6 Å². The second kappa shape index (κ2) is 9.58. The molecule has 0 aliphatic rings. The summed E-state index contributed by atoms with van der Waals surface area (Å²) in [5, 5.41) is 4.75. The predicted octanol–water partition coefficient (Wildman–Crippen LogP) is 6.53. The van der Waals surface area contributed by atoms with Gasteiger partial charge in [-0.3, -0.25) is 4.79 Å². The van der Waals surface area contributed by atoms with Gasteiger partial charge in [0.25, 0.3) is 0 Å². The minimum Gasteiger partial charge on any atom is -0.354 e. The third-order valence-corrected chi connectivity index (χ3v) is 5.79. The third kappa shape index (κ3) is 5.03. The van der Waals surface area contributed by atoms with E-state index in [1.54, 1.807) is 12.1 Å². The van der Waals surface area contributed by atoms with E-state index in [-0.39, 0.29) is 23.7 Å². The molecule has 1 heterocycles. The summed E-state index contributed by atoms with van der Waals surface area (Å²) in [5.41, 5.74) is 4.16. The first kappa shape index (κ1) is 22.1. The molecule has 1 N–H and O–H groups in total. The smallest absolute Gasteiger partial charge is 0.221 e. The average Bonchev–Trinajstić information content (AvgIpc) is 3.11. The standard InChI is InChI=1S/C27H26ClFN2O/c1-18(2)30-27(32)15-24(20-6-5-7-21(28)14-20)25-17-31(26-9-4-3-8-23(25)26)16-19-10-12-22(29)13-11-19/h3-14,17-18,24H,15-16H2,1-2H3,(H,30,32)/t24-/m0/s1. The van der Waals surface area contributed by atoms with E-state index in [1.165, 1.54) is 12.1 Å². The van der Waals surface area contributed by atoms with Crippen molar-refractivity contribution >= 4 is 28.4 Å². The highest BCUT2D eigenvalue weighted by Gasteiger charge is 2.23. The summed E-state index contributed by atoms with van der Waals surface area (Å²) in [6.07, 6.45) is 2.44. The highest BCUT2D eigenvalue weighted by molar-refractivity contribution is 6.30. The molecule has 164 valence electrons. The molecule has 1 atom stereocenters. The van der Waals surface area contributed by atoms with E-state index in [2.05, 4.69) is 28.2 Å². The Morgan fingerprint density at radius 3 is 2.50 bits per heavy atom. The van der Waals surface area contributed by atoms with Crippen LogP contribution >= 0.6 is 11.6 Å². The van der Waals surface area contributed by atoms with Gasteiger partial charge < -0.3 is 9.88 Å². The predicted molar refractivity (Wildman–Crippen MR) is 129 cm³/mol. The molecule has 32 heavy (non-hydrogen) atoms. The van der Waals surface area contributed by atoms with Crippen LogP contribution in [0.5, 0.6) is 0 Å². The lowest BCUT2D eigenvalue weighted by molar-refractivity contribution is -0.121. The molecule has 4 rings (SSSR count). The lowest BCUT2D eigenvalue weighted by Crippen LogP contribution is -2.31. The third-order valence-electron chi connectivity index (χ3n) is 5.55. The van der Waals surface area contributed by atoms with Gasteiger partial charge in [-0.2, -0.15) is 0 Å². The molecule has 0 aliphatic heterocycles. The molecule has 3 aromatic carbocycles. The van der Waals surface area contributed by atoms with Crippen molar-refractivity contribution in [3.63, 3.8) is 0 Å². The van der Waals surface area contributed by atoms with Crippen LogP contribution in [0.15, 0.2) is 79.0 Å². The Balaban J connectivity index is 1.79. The number of carbonyl (C=O) groups is 1. The average molecular weight is 449 g/mol. The van der Waals surface area contributed by atoms with Gasteiger partial charge in [0, 0.05) is 47.0 Å². The SMILES string of the molecule is CC(C)NC(=O)C[C@@H](c1cccc(Cl)c1)c1cn(Cc2ccc(F)cc2)c2ccccc12. The first-order valence-corrected chi connectivity index (χ1v) is 11.2. The highest BCUT2D eigenvalue weighted by atomic mass is 35.5. The van der Waals surface area contributed by atoms with Gasteiger partial charge >= 0.3 is 0 Å². The first-order chi connectivity index (χ1) is 15.4. The van der Waals surface area contributed by atoms with E-state index >= 15 is 0 Å². The first-order valence-electron chi connectivity index (χ1n) is 10.8. The zero-order valence-electron chi connectivity index (χ0n) is 18.2. The second-order valence-corrected chi connectivity index (χ2v) is 8.83. The monoisotopic (exact) mass is 448 g/mol. The molecule has 1 aromatic heterocycles. The van der Waals surface area contributed by atoms with Crippen LogP contribution in [0.2, 0.25) is 5.02 Å². The topological polar surface area (TPSA) is 34.0 Å². The fraction of sp³-hybridized carbons (Fsp3) is 0.222. The summed E-state index contributed by atoms with van der Waals surface area (Å²) in [4.78, 5) is 12.8. The van der Waals surface area contributed by atoms with Crippen LogP contribution in [0.4, 0.5) is 4.39 Å². The minimum atomic E-state index is -0.246. The number of aromatic nitrogens is 1. The Morgan fingerprint density at radius 1 is 1.03 bits per heavy atom. The van der Waals surface area contributed by atoms with Crippen molar-refractivity contribution in [2.45, 2.75) is 38.8 Å². The van der Waals surface area contributed by atoms with E-state index in [0.29, 0.717) is 18.0 Å². The number of rotatable bonds is 7. The molecule has 0 unspecified atom stereocenters. The number of hydrogen-bond donors (Lipinski definition) is 1. The van der Waals surface area contributed by atoms with Crippen molar-refractivity contribution in [1.29, 1.82) is 0 Å². The maximum atomic E-state index is 13.4. The molecular formula is C27H26ClFN2O. The number of hydrogen-bond acceptors (Lipinski definition) is 1. The molecule has 0 bridgehead atoms. The molecular weight excluding hydrogens is 423 g/mol. The number of fused-ring (bicyclic) bond motifs is 1. The molecule has 5 heteroatoms. The second-order valence-electron chi connectivity index (χ2n) is 8.39. The molecule has 0 aliphatic carbocycles. The van der Waals surface area contributed by atoms with Gasteiger partial charge in [-0.05, 0) is 60.9 Å². The van der Waals surface area contributed by atoms with Gasteiger partial charge in [0.05, 0.1) is 0 Å². The maximum absolute atomic E-state index is 13.4. The molecule has 0 spiro atoms. The van der Waals surface area contributed by atoms with Gasteiger partial charge in [-0.1, -0.05) is 54.1 Å². The quantitative estimate of drug-likeness (QED) is 0.342. The van der Waals surface area contributed by atoms with E-state index < -0.39 is 0 Å². The summed E-state index contributed by atoms with van der Waals surface area (Å²) in [6, 6.07) is 22.5. The van der Waals surface area contributed by atoms with Crippen LogP contribution in [0.25, 0.3) is 10.9 Å². The van der Waals surface area contributed by atoms with Crippen molar-refractivity contribution in [3.05, 3.63) is 107 Å². The van der Waals surface area contributed by atoms with E-state index in [1.807, 2.05) is 50.2 Å². The minimum absolute atomic E-state index is 0.000316. The molecule has 4 aromatic rings. The van der Waals surface area contributed by atoms with Crippen molar-refractivity contribution < 1.29 is 9.18 Å². The Hall–Kier alpha value is -3.11. The van der Waals surface area contributed by atoms with Crippen molar-refractivity contribution in [2.24, 2.45) is 0 Å². The number of para-hydroxylation sites is 1. The van der Waals surface area contributed by atoms with E-state index in [9.17, 15) is 9.18 Å². The van der Waals surface area contributed by atoms with E-state index in [0.717, 1.165) is 27.6 Å². The molecule has 3 nitrogen and oxygen atoms in total. The Morgan fingerprint density at radius 2 is 1.78 bits per heavy atom. The zero-order chi connectivity index (χ0) is 22.7. The Labute approximate surface area is 192 Å². The summed E-state index contributed by atoms with van der Waals surface area (Å²) in [5.74, 6) is -0.392. The molecule has 0 fully saturated rings. The molecule has 0 radical (unpaired) electrons. The maximum Gasteiger partial charge on any atom is 0.221 e. The molecule has 0 saturated heterocycles. The van der Waals surface area contributed by atoms with Gasteiger partial charge in [-0.25, -0.2) is 4.39 Å². The summed E-state index contributed by atoms with van der Waals surface area (Å²) < 4.78 is 15.5. The number of benzene rings is 3. The van der Waals surface area contributed by atoms with Crippen LogP contribution in [-0.2, 0) is 11.3 Å². The van der Waals surface area contributed by atoms with Gasteiger partial charge in [0.1, 0.15) is 5.82 Å². The summed E-state index contributed by atoms with van der Waals surface area (Å²) >= 11 is 6.30. The summed E-state index contributed by atoms with van der Waals surface area (Å²) in [6.45, 7) is 4.53. The van der Waals surface area contributed by atoms with Crippen molar-refractivity contribution in [1.82, 2.24) is 9.88 Å². The van der Waals surface area contributed by atoms with Crippen LogP contribution in [0, 0.1) is 5.82 Å². The van der Waals surface area contributed by atoms with Gasteiger partial charge in [-0.15, -0.1) is 0 Å². The highest BCUT2D eigenvalue weighted by Crippen LogP contribution is 2.36. The fourth-order valence-electron chi connectivity index (χ4n) is 4.17. The van der Waals surface area contributed by atoms with Crippen LogP contribution in [0.3, 0.4) is 0 Å². The van der Waals surface area contributed by atoms with Crippen LogP contribution in [0.1, 0.15) is 42.9 Å². The molecule has 0 saturated carbocycles. The fourth-order valence-corrected chi connectivity index (χ4v) is 4.37. The van der Waals surface area contributed by atoms with Gasteiger partial charge in [0.15, 0.2) is 0 Å². The number of halogens is 2. The number of amides is 1. The zero-order valence-corrected chi connectivity index (χ0v) is 18.9. The molecule has 1 amide bonds. The lowest BCUT2D eigenvalue weighted by Gasteiger charge is -2.18. The number of nitrogens with zero attached hydrogens (tertiary/aromatic N) is 1.